The Bertz CT molecular complexity index is 762. The van der Waals surface area contributed by atoms with Crippen LogP contribution in [0.2, 0.25) is 0 Å². The van der Waals surface area contributed by atoms with Gasteiger partial charge in [-0.1, -0.05) is 135 Å². The molecule has 46 heavy (non-hydrogen) atoms. The third kappa shape index (κ3) is 34.2. The van der Waals surface area contributed by atoms with Crippen molar-refractivity contribution in [2.24, 2.45) is 5.73 Å². The van der Waals surface area contributed by atoms with E-state index in [-0.39, 0.29) is 32.3 Å². The molecule has 0 spiro atoms. The Kier molecular flexibility index (Phi) is 34.2. The van der Waals surface area contributed by atoms with Gasteiger partial charge in [-0.2, -0.15) is 0 Å². The lowest BCUT2D eigenvalue weighted by molar-refractivity contribution is -0.153. The zero-order valence-corrected chi connectivity index (χ0v) is 30.7. The summed E-state index contributed by atoms with van der Waals surface area (Å²) in [4.78, 5) is 22.3. The van der Waals surface area contributed by atoms with Crippen molar-refractivity contribution in [3.63, 3.8) is 0 Å². The van der Waals surface area contributed by atoms with Crippen LogP contribution < -0.4 is 5.73 Å². The average molecular weight is 674 g/mol. The van der Waals surface area contributed by atoms with Crippen molar-refractivity contribution in [3.05, 3.63) is 24.5 Å². The van der Waals surface area contributed by atoms with E-state index in [1.54, 1.807) is 6.26 Å². The van der Waals surface area contributed by atoms with Crippen LogP contribution in [0.3, 0.4) is 0 Å². The number of phosphoric ester groups is 1. The fourth-order valence-electron chi connectivity index (χ4n) is 5.13. The second kappa shape index (κ2) is 35.1. The molecule has 0 radical (unpaired) electrons. The average Bonchev–Trinajstić information content (AvgIpc) is 3.04. The van der Waals surface area contributed by atoms with E-state index in [1.807, 2.05) is 6.08 Å². The van der Waals surface area contributed by atoms with E-state index in [0.717, 1.165) is 44.9 Å². The van der Waals surface area contributed by atoms with Crippen molar-refractivity contribution >= 4 is 13.8 Å². The molecule has 0 aliphatic heterocycles. The van der Waals surface area contributed by atoms with E-state index in [4.69, 9.17) is 24.3 Å². The van der Waals surface area contributed by atoms with Gasteiger partial charge in [0.25, 0.3) is 0 Å². The highest BCUT2D eigenvalue weighted by Gasteiger charge is 2.25. The molecule has 2 unspecified atom stereocenters. The topological polar surface area (TPSA) is 117 Å². The maximum Gasteiger partial charge on any atom is 0.472 e. The van der Waals surface area contributed by atoms with Crippen molar-refractivity contribution in [2.75, 3.05) is 26.4 Å². The lowest BCUT2D eigenvalue weighted by Gasteiger charge is -2.19. The molecule has 0 saturated heterocycles. The van der Waals surface area contributed by atoms with E-state index < -0.39 is 13.9 Å². The molecule has 0 saturated carbocycles. The predicted octanol–water partition coefficient (Wildman–Crippen LogP) is 10.9. The van der Waals surface area contributed by atoms with Gasteiger partial charge in [-0.15, -0.1) is 0 Å². The molecular formula is C37H72NO7P. The molecule has 0 rings (SSSR count). The number of nitrogens with two attached hydrogens (primary N) is 1. The van der Waals surface area contributed by atoms with Gasteiger partial charge >= 0.3 is 13.8 Å². The molecular weight excluding hydrogens is 601 g/mol. The van der Waals surface area contributed by atoms with Gasteiger partial charge in [0.05, 0.1) is 19.5 Å². The number of unbranched alkanes of at least 4 members (excludes halogenated alkanes) is 21. The van der Waals surface area contributed by atoms with Gasteiger partial charge in [0.15, 0.2) is 6.10 Å². The summed E-state index contributed by atoms with van der Waals surface area (Å²) in [6, 6.07) is 0. The highest BCUT2D eigenvalue weighted by Crippen LogP contribution is 2.43. The Morgan fingerprint density at radius 1 is 0.652 bits per heavy atom. The number of carbonyl (C=O) groups is 1. The van der Waals surface area contributed by atoms with Crippen molar-refractivity contribution in [3.8, 4) is 0 Å². The van der Waals surface area contributed by atoms with Crippen LogP contribution in [0.1, 0.15) is 174 Å². The van der Waals surface area contributed by atoms with Gasteiger partial charge in [-0.3, -0.25) is 13.8 Å². The zero-order chi connectivity index (χ0) is 33.8. The third-order valence-electron chi connectivity index (χ3n) is 7.94. The largest absolute Gasteiger partial charge is 0.498 e. The van der Waals surface area contributed by atoms with Crippen LogP contribution in [-0.4, -0.2) is 43.3 Å². The van der Waals surface area contributed by atoms with Crippen LogP contribution in [0.5, 0.6) is 0 Å². The first-order valence-corrected chi connectivity index (χ1v) is 20.4. The number of ether oxygens (including phenoxy) is 2. The molecule has 3 N–H and O–H groups in total. The van der Waals surface area contributed by atoms with Gasteiger partial charge in [0.1, 0.15) is 6.61 Å². The molecule has 8 nitrogen and oxygen atoms in total. The highest BCUT2D eigenvalue weighted by molar-refractivity contribution is 7.47. The van der Waals surface area contributed by atoms with Crippen LogP contribution >= 0.6 is 7.82 Å². The highest BCUT2D eigenvalue weighted by atomic mass is 31.2. The minimum atomic E-state index is -4.28. The summed E-state index contributed by atoms with van der Waals surface area (Å²) in [7, 11) is -4.28. The summed E-state index contributed by atoms with van der Waals surface area (Å²) in [5.74, 6) is -0.362. The summed E-state index contributed by atoms with van der Waals surface area (Å²) in [5.41, 5.74) is 5.34. The van der Waals surface area contributed by atoms with Crippen molar-refractivity contribution < 1.29 is 32.8 Å². The van der Waals surface area contributed by atoms with Crippen molar-refractivity contribution in [1.82, 2.24) is 0 Å². The molecule has 0 bridgehead atoms. The standard InChI is InChI=1S/C37H72NO7P/c1-3-5-7-9-11-13-15-17-19-21-23-25-27-29-32-42-34-36(35-44-46(40,41)43-33-31-38)45-37(39)30-28-26-24-22-20-18-16-14-12-10-8-6-4-2/h14,16,29,32,36H,3-13,15,17-28,30-31,33-35,38H2,1-2H3,(H,40,41). The van der Waals surface area contributed by atoms with E-state index in [2.05, 4.69) is 26.0 Å². The quantitative estimate of drug-likeness (QED) is 0.0222. The SMILES string of the molecule is CCCCCCC=CCCCCCCCC(=O)OC(COC=CCCCCCCCCCCCCCC)COP(=O)(O)OCCN. The number of hydrogen-bond donors (Lipinski definition) is 2. The number of carbonyl (C=O) groups excluding carboxylic acids is 1. The van der Waals surface area contributed by atoms with Gasteiger partial charge < -0.3 is 20.1 Å². The zero-order valence-electron chi connectivity index (χ0n) is 29.8. The maximum atomic E-state index is 12.5. The Morgan fingerprint density at radius 2 is 1.11 bits per heavy atom. The molecule has 0 amide bonds. The van der Waals surface area contributed by atoms with Gasteiger partial charge in [0.2, 0.25) is 0 Å². The van der Waals surface area contributed by atoms with Gasteiger partial charge in [0, 0.05) is 13.0 Å². The number of hydrogen-bond acceptors (Lipinski definition) is 7. The predicted molar refractivity (Wildman–Crippen MR) is 192 cm³/mol. The van der Waals surface area contributed by atoms with E-state index in [1.165, 1.54) is 109 Å². The molecule has 0 heterocycles. The van der Waals surface area contributed by atoms with Crippen LogP contribution in [0.15, 0.2) is 24.5 Å². The first kappa shape index (κ1) is 44.8. The van der Waals surface area contributed by atoms with Gasteiger partial charge in [-0.25, -0.2) is 4.57 Å². The monoisotopic (exact) mass is 674 g/mol. The van der Waals surface area contributed by atoms with E-state index in [0.29, 0.717) is 6.42 Å². The fourth-order valence-corrected chi connectivity index (χ4v) is 5.90. The van der Waals surface area contributed by atoms with Crippen LogP contribution in [0.4, 0.5) is 0 Å². The summed E-state index contributed by atoms with van der Waals surface area (Å²) in [5, 5.41) is 0. The van der Waals surface area contributed by atoms with E-state index >= 15 is 0 Å². The molecule has 0 aromatic heterocycles. The minimum absolute atomic E-state index is 0.0314. The van der Waals surface area contributed by atoms with Crippen LogP contribution in [-0.2, 0) is 27.9 Å². The summed E-state index contributed by atoms with van der Waals surface area (Å²) in [6.07, 6.45) is 37.1. The molecule has 2 atom stereocenters. The Hall–Kier alpha value is -1.18. The molecule has 272 valence electrons. The van der Waals surface area contributed by atoms with Crippen molar-refractivity contribution in [1.29, 1.82) is 0 Å². The molecule has 0 aliphatic rings. The summed E-state index contributed by atoms with van der Waals surface area (Å²) < 4.78 is 33.0. The number of esters is 1. The lowest BCUT2D eigenvalue weighted by Crippen LogP contribution is -2.27. The first-order valence-electron chi connectivity index (χ1n) is 18.9. The third-order valence-corrected chi connectivity index (χ3v) is 8.92. The summed E-state index contributed by atoms with van der Waals surface area (Å²) >= 11 is 0. The Balaban J connectivity index is 4.16. The normalized spacial score (nSPS) is 13.8. The minimum Gasteiger partial charge on any atom is -0.498 e. The summed E-state index contributed by atoms with van der Waals surface area (Å²) in [6.45, 7) is 4.21. The molecule has 0 aromatic carbocycles. The second-order valence-electron chi connectivity index (χ2n) is 12.5. The van der Waals surface area contributed by atoms with E-state index in [9.17, 15) is 14.3 Å². The van der Waals surface area contributed by atoms with Crippen LogP contribution in [0.25, 0.3) is 0 Å². The van der Waals surface area contributed by atoms with Crippen molar-refractivity contribution in [2.45, 2.75) is 180 Å². The Morgan fingerprint density at radius 3 is 1.63 bits per heavy atom. The Labute approximate surface area is 283 Å². The van der Waals surface area contributed by atoms with Gasteiger partial charge in [-0.05, 0) is 51.0 Å². The number of phosphoric acid groups is 1. The molecule has 0 aliphatic carbocycles. The maximum absolute atomic E-state index is 12.5. The molecule has 9 heteroatoms. The van der Waals surface area contributed by atoms with Crippen LogP contribution in [0, 0.1) is 0 Å². The molecule has 0 fully saturated rings. The lowest BCUT2D eigenvalue weighted by atomic mass is 10.0. The number of rotatable bonds is 36. The molecule has 0 aromatic rings. The first-order chi connectivity index (χ1) is 22.4. The number of allylic oxidation sites excluding steroid dienone is 3. The fraction of sp³-hybridized carbons (Fsp3) is 0.865. The smallest absolute Gasteiger partial charge is 0.472 e. The second-order valence-corrected chi connectivity index (χ2v) is 14.0.